The van der Waals surface area contributed by atoms with Crippen LogP contribution in [0, 0.1) is 6.92 Å². The number of hydrogen-bond acceptors (Lipinski definition) is 4. The topological polar surface area (TPSA) is 86.8 Å². The van der Waals surface area contributed by atoms with Crippen LogP contribution in [0.25, 0.3) is 0 Å². The van der Waals surface area contributed by atoms with Crippen LogP contribution >= 0.6 is 15.9 Å². The van der Waals surface area contributed by atoms with E-state index in [4.69, 9.17) is 0 Å². The Morgan fingerprint density at radius 3 is 2.21 bits per heavy atom. The van der Waals surface area contributed by atoms with E-state index in [0.29, 0.717) is 10.2 Å². The molecule has 0 saturated carbocycles. The molecule has 0 aromatic heterocycles. The zero-order valence-electron chi connectivity index (χ0n) is 19.9. The van der Waals surface area contributed by atoms with E-state index in [1.54, 1.807) is 31.2 Å². The molecular weight excluding hydrogens is 506 g/mol. The number of hydrogen-bond donors (Lipinski definition) is 1. The lowest BCUT2D eigenvalue weighted by Crippen LogP contribution is -2.54. The number of sulfonamides is 1. The van der Waals surface area contributed by atoms with Crippen LogP contribution < -0.4 is 9.62 Å². The van der Waals surface area contributed by atoms with E-state index in [1.165, 1.54) is 4.90 Å². The van der Waals surface area contributed by atoms with Gasteiger partial charge in [-0.2, -0.15) is 0 Å². The molecule has 9 heteroatoms. The Hall–Kier alpha value is -2.39. The van der Waals surface area contributed by atoms with Crippen molar-refractivity contribution in [2.45, 2.75) is 52.7 Å². The van der Waals surface area contributed by atoms with Gasteiger partial charge in [0, 0.05) is 16.6 Å². The maximum atomic E-state index is 13.5. The number of carbonyl (C=O) groups is 2. The van der Waals surface area contributed by atoms with Gasteiger partial charge in [0.05, 0.1) is 11.9 Å². The van der Waals surface area contributed by atoms with Gasteiger partial charge in [-0.3, -0.25) is 13.9 Å². The van der Waals surface area contributed by atoms with E-state index in [9.17, 15) is 18.0 Å². The van der Waals surface area contributed by atoms with Crippen LogP contribution in [0.15, 0.2) is 53.0 Å². The third-order valence-corrected chi connectivity index (χ3v) is 6.55. The van der Waals surface area contributed by atoms with Crippen LogP contribution in [-0.4, -0.2) is 49.5 Å². The second kappa shape index (κ2) is 10.7. The second-order valence-corrected chi connectivity index (χ2v) is 12.0. The summed E-state index contributed by atoms with van der Waals surface area (Å²) in [6.45, 7) is 8.96. The van der Waals surface area contributed by atoms with Crippen molar-refractivity contribution in [2.75, 3.05) is 17.1 Å². The molecule has 0 spiro atoms. The number of halogens is 1. The molecule has 7 nitrogen and oxygen atoms in total. The highest BCUT2D eigenvalue weighted by molar-refractivity contribution is 9.10. The van der Waals surface area contributed by atoms with Gasteiger partial charge in [0.1, 0.15) is 12.6 Å². The lowest BCUT2D eigenvalue weighted by Gasteiger charge is -2.33. The van der Waals surface area contributed by atoms with Crippen LogP contribution in [0.4, 0.5) is 5.69 Å². The molecule has 0 saturated heterocycles. The number of aryl methyl sites for hydroxylation is 1. The number of amides is 2. The molecule has 0 aliphatic rings. The van der Waals surface area contributed by atoms with Gasteiger partial charge in [-0.25, -0.2) is 8.42 Å². The molecule has 1 N–H and O–H groups in total. The van der Waals surface area contributed by atoms with E-state index >= 15 is 0 Å². The minimum Gasteiger partial charge on any atom is -0.350 e. The van der Waals surface area contributed by atoms with E-state index < -0.39 is 34.1 Å². The van der Waals surface area contributed by atoms with Gasteiger partial charge in [0.15, 0.2) is 0 Å². The van der Waals surface area contributed by atoms with Crippen LogP contribution in [0.1, 0.15) is 38.8 Å². The first-order chi connectivity index (χ1) is 15.2. The lowest BCUT2D eigenvalue weighted by atomic mass is 10.1. The van der Waals surface area contributed by atoms with E-state index in [1.807, 2.05) is 52.0 Å². The van der Waals surface area contributed by atoms with Crippen LogP contribution in [-0.2, 0) is 26.2 Å². The van der Waals surface area contributed by atoms with Crippen molar-refractivity contribution in [3.05, 3.63) is 64.1 Å². The molecule has 0 heterocycles. The van der Waals surface area contributed by atoms with Gasteiger partial charge in [-0.05, 0) is 58.4 Å². The summed E-state index contributed by atoms with van der Waals surface area (Å²) in [5.74, 6) is -0.783. The Kier molecular flexibility index (Phi) is 8.70. The Bertz CT molecular complexity index is 1100. The molecule has 2 aromatic rings. The van der Waals surface area contributed by atoms with Crippen LogP contribution in [0.3, 0.4) is 0 Å². The number of rotatable bonds is 8. The first-order valence-corrected chi connectivity index (χ1v) is 13.2. The Balaban J connectivity index is 2.39. The molecular formula is C24H32BrN3O4S. The molecule has 180 valence electrons. The number of anilines is 1. The number of benzene rings is 2. The summed E-state index contributed by atoms with van der Waals surface area (Å²) >= 11 is 3.34. The predicted molar refractivity (Wildman–Crippen MR) is 135 cm³/mol. The van der Waals surface area contributed by atoms with Crippen LogP contribution in [0.2, 0.25) is 0 Å². The van der Waals surface area contributed by atoms with Crippen molar-refractivity contribution in [3.63, 3.8) is 0 Å². The molecule has 0 bridgehead atoms. The molecule has 1 unspecified atom stereocenters. The smallest absolute Gasteiger partial charge is 0.244 e. The van der Waals surface area contributed by atoms with Gasteiger partial charge >= 0.3 is 0 Å². The van der Waals surface area contributed by atoms with Gasteiger partial charge in [0.25, 0.3) is 0 Å². The third kappa shape index (κ3) is 8.16. The molecule has 0 aliphatic heterocycles. The minimum atomic E-state index is -3.75. The molecule has 2 aromatic carbocycles. The Morgan fingerprint density at radius 2 is 1.70 bits per heavy atom. The Labute approximate surface area is 205 Å². The molecule has 2 rings (SSSR count). The summed E-state index contributed by atoms with van der Waals surface area (Å²) in [6.07, 6.45) is 1.06. The number of nitrogens with zero attached hydrogens (tertiary/aromatic N) is 2. The first kappa shape index (κ1) is 26.9. The molecule has 0 fully saturated rings. The van der Waals surface area contributed by atoms with Crippen molar-refractivity contribution < 1.29 is 18.0 Å². The second-order valence-electron chi connectivity index (χ2n) is 9.17. The Morgan fingerprint density at radius 1 is 1.09 bits per heavy atom. The maximum Gasteiger partial charge on any atom is 0.244 e. The van der Waals surface area contributed by atoms with Gasteiger partial charge in [-0.1, -0.05) is 51.8 Å². The van der Waals surface area contributed by atoms with Crippen molar-refractivity contribution in [1.29, 1.82) is 0 Å². The monoisotopic (exact) mass is 537 g/mol. The van der Waals surface area contributed by atoms with Crippen LogP contribution in [0.5, 0.6) is 0 Å². The summed E-state index contributed by atoms with van der Waals surface area (Å²) in [6, 6.07) is 13.6. The summed E-state index contributed by atoms with van der Waals surface area (Å²) in [7, 11) is -3.75. The van der Waals surface area contributed by atoms with Crippen molar-refractivity contribution in [1.82, 2.24) is 10.2 Å². The van der Waals surface area contributed by atoms with Gasteiger partial charge in [-0.15, -0.1) is 0 Å². The minimum absolute atomic E-state index is 0.175. The molecule has 0 radical (unpaired) electrons. The average Bonchev–Trinajstić information content (AvgIpc) is 2.68. The summed E-state index contributed by atoms with van der Waals surface area (Å²) in [4.78, 5) is 27.8. The SMILES string of the molecule is Cc1ccc(CN(C(=O)CN(c2cccc(Br)c2)S(C)(=O)=O)C(C)C(=O)NC(C)(C)C)cc1. The molecule has 1 atom stereocenters. The van der Waals surface area contributed by atoms with E-state index in [-0.39, 0.29) is 12.5 Å². The number of nitrogens with one attached hydrogen (secondary N) is 1. The normalized spacial score (nSPS) is 12.7. The van der Waals surface area contributed by atoms with Crippen molar-refractivity contribution >= 4 is 43.5 Å². The standard InChI is InChI=1S/C24H32BrN3O4S/c1-17-10-12-19(13-11-17)15-27(18(2)23(30)26-24(3,4)5)22(29)16-28(33(6,31)32)21-9-7-8-20(25)14-21/h7-14,18H,15-16H2,1-6H3,(H,26,30). The quantitative estimate of drug-likeness (QED) is 0.553. The zero-order chi connectivity index (χ0) is 25.0. The fourth-order valence-electron chi connectivity index (χ4n) is 3.19. The first-order valence-electron chi connectivity index (χ1n) is 10.6. The number of carbonyl (C=O) groups excluding carboxylic acids is 2. The molecule has 0 aliphatic carbocycles. The lowest BCUT2D eigenvalue weighted by molar-refractivity contribution is -0.140. The fraction of sp³-hybridized carbons (Fsp3) is 0.417. The van der Waals surface area contributed by atoms with Gasteiger partial charge < -0.3 is 10.2 Å². The zero-order valence-corrected chi connectivity index (χ0v) is 22.3. The van der Waals surface area contributed by atoms with E-state index in [2.05, 4.69) is 21.2 Å². The maximum absolute atomic E-state index is 13.5. The van der Waals surface area contributed by atoms with E-state index in [0.717, 1.165) is 21.7 Å². The summed E-state index contributed by atoms with van der Waals surface area (Å²) in [5, 5.41) is 2.90. The predicted octanol–water partition coefficient (Wildman–Crippen LogP) is 3.86. The molecule has 2 amide bonds. The van der Waals surface area contributed by atoms with Gasteiger partial charge in [0.2, 0.25) is 21.8 Å². The fourth-order valence-corrected chi connectivity index (χ4v) is 4.42. The highest BCUT2D eigenvalue weighted by atomic mass is 79.9. The van der Waals surface area contributed by atoms with Crippen molar-refractivity contribution in [3.8, 4) is 0 Å². The third-order valence-electron chi connectivity index (χ3n) is 4.91. The largest absolute Gasteiger partial charge is 0.350 e. The summed E-state index contributed by atoms with van der Waals surface area (Å²) < 4.78 is 26.8. The molecule has 33 heavy (non-hydrogen) atoms. The summed E-state index contributed by atoms with van der Waals surface area (Å²) in [5.41, 5.74) is 1.81. The highest BCUT2D eigenvalue weighted by Crippen LogP contribution is 2.23. The average molecular weight is 539 g/mol. The van der Waals surface area contributed by atoms with Crippen molar-refractivity contribution in [2.24, 2.45) is 0 Å². The highest BCUT2D eigenvalue weighted by Gasteiger charge is 2.31.